The van der Waals surface area contributed by atoms with E-state index in [4.69, 9.17) is 14.2 Å². The maximum absolute atomic E-state index is 12.0. The lowest BCUT2D eigenvalue weighted by Crippen LogP contribution is -2.40. The molecule has 1 unspecified atom stereocenters. The van der Waals surface area contributed by atoms with Crippen LogP contribution in [-0.2, 0) is 14.3 Å². The largest absolute Gasteiger partial charge is 0.493 e. The second-order valence-electron chi connectivity index (χ2n) is 9.48. The summed E-state index contributed by atoms with van der Waals surface area (Å²) in [6.07, 6.45) is 5.73. The van der Waals surface area contributed by atoms with Crippen LogP contribution in [-0.4, -0.2) is 49.3 Å². The fourth-order valence-electron chi connectivity index (χ4n) is 4.23. The Hall–Kier alpha value is -1.59. The van der Waals surface area contributed by atoms with Crippen LogP contribution in [0.2, 0.25) is 0 Å². The zero-order valence-corrected chi connectivity index (χ0v) is 18.5. The van der Waals surface area contributed by atoms with E-state index in [1.54, 1.807) is 0 Å². The number of benzene rings is 1. The number of nitrogens with zero attached hydrogens (tertiary/aromatic N) is 1. The minimum atomic E-state index is -0.427. The van der Waals surface area contributed by atoms with Crippen molar-refractivity contribution in [2.24, 2.45) is 5.92 Å². The van der Waals surface area contributed by atoms with Gasteiger partial charge < -0.3 is 14.2 Å². The molecule has 2 fully saturated rings. The molecule has 0 N–H and O–H groups in total. The highest BCUT2D eigenvalue weighted by Gasteiger charge is 2.25. The van der Waals surface area contributed by atoms with E-state index in [1.807, 2.05) is 20.8 Å². The van der Waals surface area contributed by atoms with Crippen molar-refractivity contribution in [1.82, 2.24) is 4.90 Å². The van der Waals surface area contributed by atoms with Crippen molar-refractivity contribution in [3.8, 4) is 5.75 Å². The van der Waals surface area contributed by atoms with Gasteiger partial charge in [-0.15, -0.1) is 0 Å². The molecular formula is C24H37NO4. The zero-order valence-electron chi connectivity index (χ0n) is 18.5. The molecule has 1 aromatic rings. The lowest BCUT2D eigenvalue weighted by molar-refractivity contribution is -0.155. The highest BCUT2D eigenvalue weighted by Crippen LogP contribution is 2.29. The summed E-state index contributed by atoms with van der Waals surface area (Å²) in [6, 6.07) is 6.34. The molecule has 0 aromatic heterocycles. The molecular weight excluding hydrogens is 366 g/mol. The van der Waals surface area contributed by atoms with Gasteiger partial charge in [0.05, 0.1) is 25.7 Å². The summed E-state index contributed by atoms with van der Waals surface area (Å²) in [5.41, 5.74) is 1.98. The smallest absolute Gasteiger partial charge is 0.307 e. The first-order chi connectivity index (χ1) is 13.8. The average Bonchev–Trinajstić information content (AvgIpc) is 3.17. The van der Waals surface area contributed by atoms with Gasteiger partial charge in [0.25, 0.3) is 0 Å². The van der Waals surface area contributed by atoms with Gasteiger partial charge in [-0.05, 0) is 69.7 Å². The van der Waals surface area contributed by atoms with Crippen LogP contribution in [0.15, 0.2) is 18.2 Å². The van der Waals surface area contributed by atoms with Gasteiger partial charge in [0.15, 0.2) is 0 Å². The first kappa shape index (κ1) is 22.1. The van der Waals surface area contributed by atoms with Gasteiger partial charge in [0.1, 0.15) is 11.4 Å². The van der Waals surface area contributed by atoms with E-state index in [9.17, 15) is 4.79 Å². The van der Waals surface area contributed by atoms with Crippen LogP contribution in [0, 0.1) is 12.8 Å². The van der Waals surface area contributed by atoms with Crippen LogP contribution >= 0.6 is 0 Å². The molecule has 1 aliphatic carbocycles. The number of hydrogen-bond donors (Lipinski definition) is 0. The number of hydrogen-bond acceptors (Lipinski definition) is 5. The second-order valence-corrected chi connectivity index (χ2v) is 9.48. The van der Waals surface area contributed by atoms with Crippen LogP contribution < -0.4 is 4.74 Å². The monoisotopic (exact) mass is 403 g/mol. The first-order valence-electron chi connectivity index (χ1n) is 11.1. The summed E-state index contributed by atoms with van der Waals surface area (Å²) >= 11 is 0. The fraction of sp³-hybridized carbons (Fsp3) is 0.708. The van der Waals surface area contributed by atoms with Gasteiger partial charge in [0.2, 0.25) is 0 Å². The molecule has 3 rings (SSSR count). The number of esters is 1. The number of carbonyl (C=O) groups excluding carboxylic acids is 1. The molecule has 0 spiro atoms. The molecule has 0 radical (unpaired) electrons. The molecule has 0 bridgehead atoms. The molecule has 1 atom stereocenters. The molecule has 1 saturated heterocycles. The summed E-state index contributed by atoms with van der Waals surface area (Å²) in [7, 11) is 0. The molecule has 1 saturated carbocycles. The minimum Gasteiger partial charge on any atom is -0.493 e. The van der Waals surface area contributed by atoms with Gasteiger partial charge in [0, 0.05) is 19.6 Å². The molecule has 0 amide bonds. The Balaban J connectivity index is 1.50. The van der Waals surface area contributed by atoms with Crippen molar-refractivity contribution in [3.05, 3.63) is 29.3 Å². The van der Waals surface area contributed by atoms with Crippen LogP contribution in [0.3, 0.4) is 0 Å². The lowest BCUT2D eigenvalue weighted by atomic mass is 10.0. The third-order valence-corrected chi connectivity index (χ3v) is 5.75. The van der Waals surface area contributed by atoms with Gasteiger partial charge in [-0.2, -0.15) is 0 Å². The van der Waals surface area contributed by atoms with Crippen molar-refractivity contribution in [2.75, 3.05) is 32.8 Å². The van der Waals surface area contributed by atoms with Gasteiger partial charge in [-0.25, -0.2) is 0 Å². The Morgan fingerprint density at radius 2 is 2.00 bits per heavy atom. The Morgan fingerprint density at radius 3 is 2.69 bits per heavy atom. The summed E-state index contributed by atoms with van der Waals surface area (Å²) in [4.78, 5) is 14.3. The number of morpholine rings is 1. The second kappa shape index (κ2) is 9.94. The van der Waals surface area contributed by atoms with Crippen molar-refractivity contribution in [1.29, 1.82) is 0 Å². The Labute approximate surface area is 175 Å². The summed E-state index contributed by atoms with van der Waals surface area (Å²) in [5.74, 6) is 1.53. The molecule has 2 aliphatic rings. The van der Waals surface area contributed by atoms with Gasteiger partial charge in [-0.1, -0.05) is 18.9 Å². The average molecular weight is 404 g/mol. The number of ether oxygens (including phenoxy) is 3. The van der Waals surface area contributed by atoms with Crippen LogP contribution in [0.4, 0.5) is 0 Å². The van der Waals surface area contributed by atoms with Gasteiger partial charge >= 0.3 is 5.97 Å². The molecule has 29 heavy (non-hydrogen) atoms. The van der Waals surface area contributed by atoms with E-state index in [0.29, 0.717) is 19.6 Å². The van der Waals surface area contributed by atoms with Crippen molar-refractivity contribution >= 4 is 5.97 Å². The number of rotatable bonds is 7. The molecule has 5 nitrogen and oxygen atoms in total. The third-order valence-electron chi connectivity index (χ3n) is 5.75. The summed E-state index contributed by atoms with van der Waals surface area (Å²) in [5, 5.41) is 0. The number of carbonyl (C=O) groups is 1. The van der Waals surface area contributed by atoms with E-state index in [2.05, 4.69) is 30.0 Å². The normalized spacial score (nSPS) is 21.3. The standard InChI is InChI=1S/C24H37NO4/c1-18-15-20(28-17-19-7-5-6-8-19)9-10-21(18)22-16-25(13-14-27-22)12-11-23(26)29-24(2,3)4/h9-10,15,19,22H,5-8,11-14,16-17H2,1-4H3. The molecule has 1 aromatic carbocycles. The van der Waals surface area contributed by atoms with E-state index < -0.39 is 5.60 Å². The minimum absolute atomic E-state index is 0.0336. The number of aryl methyl sites for hydroxylation is 1. The van der Waals surface area contributed by atoms with E-state index >= 15 is 0 Å². The molecule has 1 heterocycles. The van der Waals surface area contributed by atoms with E-state index in [1.165, 1.54) is 36.8 Å². The van der Waals surface area contributed by atoms with Crippen LogP contribution in [0.1, 0.15) is 70.1 Å². The van der Waals surface area contributed by atoms with Crippen molar-refractivity contribution < 1.29 is 19.0 Å². The maximum atomic E-state index is 12.0. The van der Waals surface area contributed by atoms with Crippen LogP contribution in [0.5, 0.6) is 5.75 Å². The van der Waals surface area contributed by atoms with Gasteiger partial charge in [-0.3, -0.25) is 9.69 Å². The van der Waals surface area contributed by atoms with E-state index in [0.717, 1.165) is 31.4 Å². The predicted octanol–water partition coefficient (Wildman–Crippen LogP) is 4.67. The van der Waals surface area contributed by atoms with Crippen molar-refractivity contribution in [3.63, 3.8) is 0 Å². The van der Waals surface area contributed by atoms with Crippen LogP contribution in [0.25, 0.3) is 0 Å². The molecule has 5 heteroatoms. The molecule has 1 aliphatic heterocycles. The van der Waals surface area contributed by atoms with Crippen molar-refractivity contribution in [2.45, 2.75) is 71.5 Å². The topological polar surface area (TPSA) is 48.0 Å². The zero-order chi connectivity index (χ0) is 20.9. The predicted molar refractivity (Wildman–Crippen MR) is 114 cm³/mol. The Bertz CT molecular complexity index is 676. The SMILES string of the molecule is Cc1cc(OCC2CCCC2)ccc1C1CN(CCC(=O)OC(C)(C)C)CCO1. The quantitative estimate of drug-likeness (QED) is 0.619. The van der Waals surface area contributed by atoms with E-state index in [-0.39, 0.29) is 12.1 Å². The third kappa shape index (κ3) is 7.00. The fourth-order valence-corrected chi connectivity index (χ4v) is 4.23. The summed E-state index contributed by atoms with van der Waals surface area (Å²) < 4.78 is 17.5. The highest BCUT2D eigenvalue weighted by molar-refractivity contribution is 5.70. The lowest BCUT2D eigenvalue weighted by Gasteiger charge is -2.34. The molecule has 162 valence electrons. The maximum Gasteiger partial charge on any atom is 0.307 e. The summed E-state index contributed by atoms with van der Waals surface area (Å²) in [6.45, 7) is 11.7. The first-order valence-corrected chi connectivity index (χ1v) is 11.1. The Morgan fingerprint density at radius 1 is 1.24 bits per heavy atom. The highest BCUT2D eigenvalue weighted by atomic mass is 16.6. The Kier molecular flexibility index (Phi) is 7.58.